The smallest absolute Gasteiger partial charge is 0.302 e. The van der Waals surface area contributed by atoms with Crippen LogP contribution in [0.15, 0.2) is 72.6 Å². The molecule has 0 bridgehead atoms. The van der Waals surface area contributed by atoms with Gasteiger partial charge in [-0.1, -0.05) is 53.6 Å². The molecule has 1 aliphatic heterocycles. The zero-order valence-electron chi connectivity index (χ0n) is 15.4. The predicted molar refractivity (Wildman–Crippen MR) is 109 cm³/mol. The van der Waals surface area contributed by atoms with E-state index >= 15 is 0 Å². The summed E-state index contributed by atoms with van der Waals surface area (Å²) in [6.45, 7) is 1.92. The van der Waals surface area contributed by atoms with Crippen molar-refractivity contribution in [2.45, 2.75) is 13.0 Å². The first-order valence-electron chi connectivity index (χ1n) is 8.88. The van der Waals surface area contributed by atoms with E-state index in [1.807, 2.05) is 19.1 Å². The van der Waals surface area contributed by atoms with Crippen LogP contribution in [0.1, 0.15) is 22.7 Å². The van der Waals surface area contributed by atoms with Crippen LogP contribution in [0.5, 0.6) is 0 Å². The lowest BCUT2D eigenvalue weighted by Crippen LogP contribution is -2.31. The van der Waals surface area contributed by atoms with Gasteiger partial charge in [0.25, 0.3) is 5.78 Å². The molecule has 1 atom stereocenters. The Bertz CT molecular complexity index is 1130. The molecule has 1 aliphatic rings. The van der Waals surface area contributed by atoms with Gasteiger partial charge in [-0.2, -0.15) is 0 Å². The highest BCUT2D eigenvalue weighted by Crippen LogP contribution is 2.41. The summed E-state index contributed by atoms with van der Waals surface area (Å²) < 4.78 is 0. The molecule has 1 fully saturated rings. The van der Waals surface area contributed by atoms with Gasteiger partial charge in [-0.05, 0) is 30.7 Å². The van der Waals surface area contributed by atoms with Crippen LogP contribution in [0.3, 0.4) is 0 Å². The van der Waals surface area contributed by atoms with E-state index in [9.17, 15) is 14.7 Å². The topological polar surface area (TPSA) is 83.4 Å². The van der Waals surface area contributed by atoms with Crippen molar-refractivity contribution >= 4 is 35.0 Å². The van der Waals surface area contributed by atoms with E-state index in [0.717, 1.165) is 5.56 Å². The molecule has 3 aromatic rings. The second-order valence-electron chi connectivity index (χ2n) is 6.64. The number of anilines is 1. The number of aliphatic hydroxyl groups is 1. The van der Waals surface area contributed by atoms with Gasteiger partial charge in [-0.15, -0.1) is 0 Å². The van der Waals surface area contributed by atoms with Crippen molar-refractivity contribution in [1.82, 2.24) is 9.97 Å². The maximum atomic E-state index is 12.9. The monoisotopic (exact) mass is 405 g/mol. The largest absolute Gasteiger partial charge is 0.507 e. The number of aliphatic hydroxyl groups excluding tert-OH is 1. The average molecular weight is 406 g/mol. The normalized spacial score (nSPS) is 18.3. The van der Waals surface area contributed by atoms with Crippen LogP contribution in [0.25, 0.3) is 5.76 Å². The molecule has 4 rings (SSSR count). The van der Waals surface area contributed by atoms with Crippen molar-refractivity contribution in [3.05, 3.63) is 94.3 Å². The van der Waals surface area contributed by atoms with E-state index in [1.54, 1.807) is 42.5 Å². The number of ketones is 1. The molecule has 6 nitrogen and oxygen atoms in total. The zero-order chi connectivity index (χ0) is 20.5. The van der Waals surface area contributed by atoms with Crippen molar-refractivity contribution in [3.8, 4) is 0 Å². The third kappa shape index (κ3) is 3.39. The van der Waals surface area contributed by atoms with Gasteiger partial charge in [0.1, 0.15) is 5.76 Å². The first kappa shape index (κ1) is 18.8. The Kier molecular flexibility index (Phi) is 4.86. The molecule has 0 spiro atoms. The van der Waals surface area contributed by atoms with Crippen LogP contribution in [0.4, 0.5) is 5.95 Å². The predicted octanol–water partition coefficient (Wildman–Crippen LogP) is 4.06. The second-order valence-corrected chi connectivity index (χ2v) is 7.08. The van der Waals surface area contributed by atoms with E-state index in [2.05, 4.69) is 9.97 Å². The third-order valence-corrected chi connectivity index (χ3v) is 4.94. The lowest BCUT2D eigenvalue weighted by Gasteiger charge is -2.23. The van der Waals surface area contributed by atoms with Crippen LogP contribution in [-0.4, -0.2) is 26.8 Å². The summed E-state index contributed by atoms with van der Waals surface area (Å²) in [6.07, 6.45) is 2.97. The molecule has 0 aliphatic carbocycles. The van der Waals surface area contributed by atoms with Crippen molar-refractivity contribution in [2.24, 2.45) is 0 Å². The fraction of sp³-hybridized carbons (Fsp3) is 0.0909. The Labute approximate surface area is 172 Å². The maximum absolute atomic E-state index is 12.9. The Morgan fingerprint density at radius 3 is 2.38 bits per heavy atom. The van der Waals surface area contributed by atoms with E-state index in [0.29, 0.717) is 16.1 Å². The van der Waals surface area contributed by atoms with Crippen LogP contribution in [0.2, 0.25) is 5.02 Å². The fourth-order valence-electron chi connectivity index (χ4n) is 3.31. The van der Waals surface area contributed by atoms with Crippen LogP contribution >= 0.6 is 11.6 Å². The minimum absolute atomic E-state index is 0.0337. The molecule has 1 N–H and O–H groups in total. The summed E-state index contributed by atoms with van der Waals surface area (Å²) in [5.41, 5.74) is 1.98. The van der Waals surface area contributed by atoms with Crippen molar-refractivity contribution < 1.29 is 14.7 Å². The molecule has 144 valence electrons. The summed E-state index contributed by atoms with van der Waals surface area (Å²) in [5.74, 6) is -1.80. The molecule has 1 saturated heterocycles. The van der Waals surface area contributed by atoms with Gasteiger partial charge < -0.3 is 5.11 Å². The maximum Gasteiger partial charge on any atom is 0.302 e. The van der Waals surface area contributed by atoms with Gasteiger partial charge in [0.05, 0.1) is 11.6 Å². The average Bonchev–Trinajstić information content (AvgIpc) is 2.99. The van der Waals surface area contributed by atoms with E-state index < -0.39 is 17.7 Å². The standard InChI is InChI=1S/C22H16ClN3O3/c1-13-6-8-14(9-7-13)19(27)17-18(15-4-2-5-16(23)12-15)26(21(29)20(17)28)22-24-10-3-11-25-22/h2-12,18,27H,1H3/b19-17+/t18-/m0/s1. The number of benzene rings is 2. The molecule has 1 aromatic heterocycles. The number of aryl methyl sites for hydroxylation is 1. The first-order chi connectivity index (χ1) is 14.0. The Morgan fingerprint density at radius 1 is 1.03 bits per heavy atom. The zero-order valence-corrected chi connectivity index (χ0v) is 16.2. The third-order valence-electron chi connectivity index (χ3n) is 4.70. The van der Waals surface area contributed by atoms with E-state index in [4.69, 9.17) is 11.6 Å². The van der Waals surface area contributed by atoms with E-state index in [1.165, 1.54) is 17.3 Å². The number of Topliss-reactive ketones (excluding diaryl/α,β-unsaturated/α-hetero) is 1. The minimum Gasteiger partial charge on any atom is -0.507 e. The highest BCUT2D eigenvalue weighted by atomic mass is 35.5. The minimum atomic E-state index is -0.905. The number of hydrogen-bond acceptors (Lipinski definition) is 5. The SMILES string of the molecule is Cc1ccc(/C(O)=C2\C(=O)C(=O)N(c3ncccn3)[C@H]2c2cccc(Cl)c2)cc1. The van der Waals surface area contributed by atoms with Crippen molar-refractivity contribution in [3.63, 3.8) is 0 Å². The Hall–Kier alpha value is -3.51. The van der Waals surface area contributed by atoms with Gasteiger partial charge in [-0.25, -0.2) is 9.97 Å². The van der Waals surface area contributed by atoms with Gasteiger partial charge in [0, 0.05) is 23.0 Å². The summed E-state index contributed by atoms with van der Waals surface area (Å²) in [6, 6.07) is 14.5. The van der Waals surface area contributed by atoms with Crippen molar-refractivity contribution in [1.29, 1.82) is 0 Å². The van der Waals surface area contributed by atoms with E-state index in [-0.39, 0.29) is 17.3 Å². The summed E-state index contributed by atoms with van der Waals surface area (Å²) in [7, 11) is 0. The number of rotatable bonds is 3. The van der Waals surface area contributed by atoms with Crippen molar-refractivity contribution in [2.75, 3.05) is 4.90 Å². The van der Waals surface area contributed by atoms with Gasteiger partial charge in [-0.3, -0.25) is 14.5 Å². The van der Waals surface area contributed by atoms with Gasteiger partial charge in [0.2, 0.25) is 5.95 Å². The van der Waals surface area contributed by atoms with Crippen LogP contribution < -0.4 is 4.90 Å². The lowest BCUT2D eigenvalue weighted by atomic mass is 9.95. The number of hydrogen-bond donors (Lipinski definition) is 1. The number of amides is 1. The molecular weight excluding hydrogens is 390 g/mol. The highest BCUT2D eigenvalue weighted by Gasteiger charge is 2.48. The molecular formula is C22H16ClN3O3. The second kappa shape index (κ2) is 7.48. The van der Waals surface area contributed by atoms with Crippen LogP contribution in [-0.2, 0) is 9.59 Å². The molecule has 0 saturated carbocycles. The number of carbonyl (C=O) groups is 2. The summed E-state index contributed by atoms with van der Waals surface area (Å²) in [5, 5.41) is 11.4. The molecule has 2 heterocycles. The number of aromatic nitrogens is 2. The first-order valence-corrected chi connectivity index (χ1v) is 9.25. The molecule has 0 radical (unpaired) electrons. The highest BCUT2D eigenvalue weighted by molar-refractivity contribution is 6.51. The summed E-state index contributed by atoms with van der Waals surface area (Å²) in [4.78, 5) is 35.3. The molecule has 1 amide bonds. The van der Waals surface area contributed by atoms with Crippen LogP contribution in [0, 0.1) is 6.92 Å². The fourth-order valence-corrected chi connectivity index (χ4v) is 3.51. The number of halogens is 1. The summed E-state index contributed by atoms with van der Waals surface area (Å²) >= 11 is 6.15. The van der Waals surface area contributed by atoms with Gasteiger partial charge in [0.15, 0.2) is 0 Å². The number of carbonyl (C=O) groups excluding carboxylic acids is 2. The quantitative estimate of drug-likeness (QED) is 0.403. The lowest BCUT2D eigenvalue weighted by molar-refractivity contribution is -0.132. The molecule has 7 heteroatoms. The molecule has 0 unspecified atom stereocenters. The molecule has 29 heavy (non-hydrogen) atoms. The number of nitrogens with zero attached hydrogens (tertiary/aromatic N) is 3. The Morgan fingerprint density at radius 2 is 1.72 bits per heavy atom. The van der Waals surface area contributed by atoms with Gasteiger partial charge >= 0.3 is 5.91 Å². The Balaban J connectivity index is 1.95. The molecule has 2 aromatic carbocycles.